The topological polar surface area (TPSA) is 56.1 Å². The maximum Gasteiger partial charge on any atom is 0.416 e. The highest BCUT2D eigenvalue weighted by molar-refractivity contribution is 5.75. The fraction of sp³-hybridized carbons (Fsp3) is 0.321. The first-order valence-corrected chi connectivity index (χ1v) is 12.4. The first kappa shape index (κ1) is 29.8. The minimum Gasteiger partial charge on any atom is -0.496 e. The SMILES string of the molecule is COc1cc(F)c(C(C)C)cc1-c1ccc(C(F)(F)F)cc1CN(Cc1cccc(C(F)(F)F)c1)c1nnn(C)n1. The van der Waals surface area contributed by atoms with Crippen LogP contribution in [0.15, 0.2) is 54.6 Å². The zero-order chi connectivity index (χ0) is 30.1. The second kappa shape index (κ2) is 11.4. The van der Waals surface area contributed by atoms with Gasteiger partial charge in [-0.05, 0) is 63.7 Å². The molecule has 1 aromatic heterocycles. The molecule has 0 aliphatic heterocycles. The summed E-state index contributed by atoms with van der Waals surface area (Å²) in [6.07, 6.45) is -9.27. The Labute approximate surface area is 231 Å². The third kappa shape index (κ3) is 6.77. The minimum atomic E-state index is -4.68. The van der Waals surface area contributed by atoms with E-state index in [-0.39, 0.29) is 41.8 Å². The quantitative estimate of drug-likeness (QED) is 0.203. The summed E-state index contributed by atoms with van der Waals surface area (Å²) in [5.74, 6) is -0.667. The number of aromatic nitrogens is 4. The zero-order valence-corrected chi connectivity index (χ0v) is 22.5. The van der Waals surface area contributed by atoms with Crippen molar-refractivity contribution in [2.45, 2.75) is 45.2 Å². The van der Waals surface area contributed by atoms with Crippen molar-refractivity contribution in [2.75, 3.05) is 12.0 Å². The summed E-state index contributed by atoms with van der Waals surface area (Å²) in [7, 11) is 2.80. The lowest BCUT2D eigenvalue weighted by atomic mass is 9.92. The molecule has 0 amide bonds. The van der Waals surface area contributed by atoms with Gasteiger partial charge in [-0.15, -0.1) is 5.10 Å². The Morgan fingerprint density at radius 3 is 2.15 bits per heavy atom. The molecule has 4 rings (SSSR count). The van der Waals surface area contributed by atoms with Crippen LogP contribution < -0.4 is 9.64 Å². The largest absolute Gasteiger partial charge is 0.496 e. The molecule has 0 N–H and O–H groups in total. The van der Waals surface area contributed by atoms with Crippen LogP contribution in [0.25, 0.3) is 11.1 Å². The van der Waals surface area contributed by atoms with Crippen LogP contribution in [0.1, 0.15) is 47.6 Å². The summed E-state index contributed by atoms with van der Waals surface area (Å²) in [4.78, 5) is 2.54. The number of ether oxygens (including phenoxy) is 1. The van der Waals surface area contributed by atoms with Gasteiger partial charge >= 0.3 is 12.4 Å². The number of hydrogen-bond acceptors (Lipinski definition) is 5. The third-order valence-electron chi connectivity index (χ3n) is 6.43. The predicted octanol–water partition coefficient (Wildman–Crippen LogP) is 7.39. The average molecular weight is 582 g/mol. The van der Waals surface area contributed by atoms with E-state index in [2.05, 4.69) is 15.4 Å². The number of anilines is 1. The maximum absolute atomic E-state index is 14.8. The fourth-order valence-corrected chi connectivity index (χ4v) is 4.43. The number of aryl methyl sites for hydroxylation is 1. The molecule has 0 saturated heterocycles. The van der Waals surface area contributed by atoms with E-state index in [9.17, 15) is 30.7 Å². The van der Waals surface area contributed by atoms with Crippen LogP contribution in [-0.4, -0.2) is 27.3 Å². The molecule has 4 aromatic rings. The van der Waals surface area contributed by atoms with Crippen LogP contribution in [0.2, 0.25) is 0 Å². The summed E-state index contributed by atoms with van der Waals surface area (Å²) in [6, 6.07) is 10.4. The molecule has 1 heterocycles. The molecular formula is C28H26F7N5O. The highest BCUT2D eigenvalue weighted by atomic mass is 19.4. The van der Waals surface area contributed by atoms with E-state index in [4.69, 9.17) is 4.74 Å². The van der Waals surface area contributed by atoms with Crippen molar-refractivity contribution in [3.05, 3.63) is 88.2 Å². The lowest BCUT2D eigenvalue weighted by molar-refractivity contribution is -0.138. The molecule has 3 aromatic carbocycles. The molecule has 0 aliphatic rings. The van der Waals surface area contributed by atoms with Crippen LogP contribution >= 0.6 is 0 Å². The molecular weight excluding hydrogens is 555 g/mol. The zero-order valence-electron chi connectivity index (χ0n) is 22.5. The number of alkyl halides is 6. The van der Waals surface area contributed by atoms with Gasteiger partial charge in [0.2, 0.25) is 0 Å². The number of methoxy groups -OCH3 is 1. The average Bonchev–Trinajstić information content (AvgIpc) is 3.33. The Morgan fingerprint density at radius 2 is 1.56 bits per heavy atom. The van der Waals surface area contributed by atoms with Gasteiger partial charge in [0.25, 0.3) is 5.95 Å². The van der Waals surface area contributed by atoms with Crippen molar-refractivity contribution in [1.82, 2.24) is 20.2 Å². The predicted molar refractivity (Wildman–Crippen MR) is 138 cm³/mol. The maximum atomic E-state index is 14.8. The second-order valence-electron chi connectivity index (χ2n) is 9.73. The van der Waals surface area contributed by atoms with Crippen molar-refractivity contribution in [1.29, 1.82) is 0 Å². The van der Waals surface area contributed by atoms with Gasteiger partial charge in [0, 0.05) is 24.7 Å². The van der Waals surface area contributed by atoms with E-state index < -0.39 is 29.3 Å². The smallest absolute Gasteiger partial charge is 0.416 e. The van der Waals surface area contributed by atoms with Crippen LogP contribution in [0, 0.1) is 5.82 Å². The molecule has 41 heavy (non-hydrogen) atoms. The number of halogens is 7. The molecule has 0 bridgehead atoms. The first-order chi connectivity index (χ1) is 19.2. The number of benzene rings is 3. The third-order valence-corrected chi connectivity index (χ3v) is 6.43. The van der Waals surface area contributed by atoms with E-state index in [0.717, 1.165) is 29.1 Å². The lowest BCUT2D eigenvalue weighted by Gasteiger charge is -2.24. The molecule has 13 heteroatoms. The minimum absolute atomic E-state index is 0.0118. The van der Waals surface area contributed by atoms with E-state index >= 15 is 0 Å². The Kier molecular flexibility index (Phi) is 8.27. The second-order valence-corrected chi connectivity index (χ2v) is 9.73. The standard InChI is InChI=1S/C28H26F7N5O/c1-16(2)22-12-23(25(41-4)13-24(22)29)21-9-8-20(28(33,34)35)11-18(21)15-40(26-36-38-39(3)37-26)14-17-6-5-7-19(10-17)27(30,31)32/h5-13,16H,14-15H2,1-4H3. The van der Waals surface area contributed by atoms with Gasteiger partial charge in [-0.25, -0.2) is 4.39 Å². The number of tetrazole rings is 1. The van der Waals surface area contributed by atoms with Gasteiger partial charge in [-0.3, -0.25) is 0 Å². The number of rotatable bonds is 8. The Hall–Kier alpha value is -4.16. The molecule has 0 radical (unpaired) electrons. The van der Waals surface area contributed by atoms with Crippen molar-refractivity contribution in [3.63, 3.8) is 0 Å². The summed E-state index contributed by atoms with van der Waals surface area (Å²) < 4.78 is 102. The van der Waals surface area contributed by atoms with Crippen LogP contribution in [0.5, 0.6) is 5.75 Å². The van der Waals surface area contributed by atoms with Gasteiger partial charge in [0.05, 0.1) is 25.3 Å². The Balaban J connectivity index is 1.87. The van der Waals surface area contributed by atoms with Crippen molar-refractivity contribution < 1.29 is 35.5 Å². The summed E-state index contributed by atoms with van der Waals surface area (Å²) in [5.41, 5.74) is -0.446. The van der Waals surface area contributed by atoms with Crippen LogP contribution in [0.4, 0.5) is 36.7 Å². The number of hydrogen-bond donors (Lipinski definition) is 0. The Morgan fingerprint density at radius 1 is 0.878 bits per heavy atom. The van der Waals surface area contributed by atoms with Crippen molar-refractivity contribution in [2.24, 2.45) is 7.05 Å². The molecule has 0 spiro atoms. The monoisotopic (exact) mass is 581 g/mol. The van der Waals surface area contributed by atoms with Crippen molar-refractivity contribution >= 4 is 5.95 Å². The van der Waals surface area contributed by atoms with Crippen molar-refractivity contribution in [3.8, 4) is 16.9 Å². The molecule has 0 saturated carbocycles. The van der Waals surface area contributed by atoms with Gasteiger partial charge in [0.1, 0.15) is 11.6 Å². The molecule has 0 atom stereocenters. The molecule has 218 valence electrons. The van der Waals surface area contributed by atoms with Crippen LogP contribution in [0.3, 0.4) is 0 Å². The fourth-order valence-electron chi connectivity index (χ4n) is 4.43. The molecule has 0 unspecified atom stereocenters. The molecule has 6 nitrogen and oxygen atoms in total. The number of nitrogens with zero attached hydrogens (tertiary/aromatic N) is 5. The molecule has 0 aliphatic carbocycles. The highest BCUT2D eigenvalue weighted by Crippen LogP contribution is 2.40. The van der Waals surface area contributed by atoms with E-state index in [1.807, 2.05) is 0 Å². The Bertz CT molecular complexity index is 1530. The highest BCUT2D eigenvalue weighted by Gasteiger charge is 2.33. The molecule has 0 fully saturated rings. The van der Waals surface area contributed by atoms with E-state index in [1.165, 1.54) is 49.4 Å². The van der Waals surface area contributed by atoms with Gasteiger partial charge in [-0.2, -0.15) is 31.1 Å². The summed E-state index contributed by atoms with van der Waals surface area (Å²) in [6.45, 7) is 3.12. The summed E-state index contributed by atoms with van der Waals surface area (Å²) in [5, 5.41) is 11.9. The lowest BCUT2D eigenvalue weighted by Crippen LogP contribution is -2.24. The normalized spacial score (nSPS) is 12.2. The summed E-state index contributed by atoms with van der Waals surface area (Å²) >= 11 is 0. The van der Waals surface area contributed by atoms with E-state index in [0.29, 0.717) is 16.7 Å². The first-order valence-electron chi connectivity index (χ1n) is 12.4. The van der Waals surface area contributed by atoms with Gasteiger partial charge in [0.15, 0.2) is 0 Å². The van der Waals surface area contributed by atoms with Crippen LogP contribution in [-0.2, 0) is 32.5 Å². The van der Waals surface area contributed by atoms with Gasteiger partial charge < -0.3 is 9.64 Å². The van der Waals surface area contributed by atoms with E-state index in [1.54, 1.807) is 13.8 Å². The van der Waals surface area contributed by atoms with Gasteiger partial charge in [-0.1, -0.05) is 37.1 Å².